The van der Waals surface area contributed by atoms with Gasteiger partial charge in [0.25, 0.3) is 5.91 Å². The Bertz CT molecular complexity index is 931. The summed E-state index contributed by atoms with van der Waals surface area (Å²) in [6, 6.07) is 10.3. The summed E-state index contributed by atoms with van der Waals surface area (Å²) in [5.41, 5.74) is 0.682. The van der Waals surface area contributed by atoms with Gasteiger partial charge in [0.1, 0.15) is 17.6 Å². The average Bonchev–Trinajstić information content (AvgIpc) is 3.06. The lowest BCUT2D eigenvalue weighted by molar-refractivity contribution is 0.0936. The molecule has 1 atom stereocenters. The van der Waals surface area contributed by atoms with Crippen molar-refractivity contribution in [3.63, 3.8) is 0 Å². The zero-order chi connectivity index (χ0) is 17.8. The number of methoxy groups -OCH3 is 1. The Kier molecular flexibility index (Phi) is 4.65. The van der Waals surface area contributed by atoms with Crippen LogP contribution in [-0.2, 0) is 7.05 Å². The highest BCUT2D eigenvalue weighted by Gasteiger charge is 2.22. The Morgan fingerprint density at radius 2 is 2.08 bits per heavy atom. The second-order valence-corrected chi connectivity index (χ2v) is 5.49. The fourth-order valence-electron chi connectivity index (χ4n) is 2.56. The molecule has 1 amide bonds. The summed E-state index contributed by atoms with van der Waals surface area (Å²) in [7, 11) is 3.26. The number of nitrogens with zero attached hydrogens (tertiary/aromatic N) is 2. The van der Waals surface area contributed by atoms with Gasteiger partial charge in [-0.3, -0.25) is 9.59 Å². The van der Waals surface area contributed by atoms with Gasteiger partial charge < -0.3 is 19.6 Å². The Balaban J connectivity index is 1.93. The summed E-state index contributed by atoms with van der Waals surface area (Å²) in [4.78, 5) is 31.6. The maximum Gasteiger partial charge on any atom is 0.268 e. The fourth-order valence-corrected chi connectivity index (χ4v) is 2.56. The van der Waals surface area contributed by atoms with Crippen molar-refractivity contribution in [1.82, 2.24) is 19.9 Å². The average molecular weight is 338 g/mol. The topological polar surface area (TPSA) is 89.0 Å². The SMILES string of the molecule is COc1c[nH]c(C(=O)NC(c2ccccc2)c2nccn2C)cc1=O. The normalized spacial score (nSPS) is 11.8. The first-order valence-electron chi connectivity index (χ1n) is 7.70. The molecule has 0 aliphatic carbocycles. The van der Waals surface area contributed by atoms with Crippen molar-refractivity contribution in [2.75, 3.05) is 7.11 Å². The number of aromatic nitrogens is 3. The van der Waals surface area contributed by atoms with E-state index in [-0.39, 0.29) is 16.9 Å². The fraction of sp³-hybridized carbons (Fsp3) is 0.167. The van der Waals surface area contributed by atoms with E-state index in [1.165, 1.54) is 19.4 Å². The van der Waals surface area contributed by atoms with E-state index >= 15 is 0 Å². The summed E-state index contributed by atoms with van der Waals surface area (Å²) < 4.78 is 6.76. The highest BCUT2D eigenvalue weighted by molar-refractivity contribution is 5.92. The highest BCUT2D eigenvalue weighted by Crippen LogP contribution is 2.20. The number of aromatic amines is 1. The van der Waals surface area contributed by atoms with Crippen LogP contribution in [0.2, 0.25) is 0 Å². The molecule has 2 heterocycles. The Morgan fingerprint density at radius 1 is 1.32 bits per heavy atom. The predicted octanol–water partition coefficient (Wildman–Crippen LogP) is 1.64. The third kappa shape index (κ3) is 3.45. The lowest BCUT2D eigenvalue weighted by Crippen LogP contribution is -2.32. The quantitative estimate of drug-likeness (QED) is 0.740. The van der Waals surface area contributed by atoms with E-state index in [2.05, 4.69) is 15.3 Å². The molecule has 0 saturated heterocycles. The van der Waals surface area contributed by atoms with Crippen LogP contribution in [-0.4, -0.2) is 27.6 Å². The number of hydrogen-bond donors (Lipinski definition) is 2. The first kappa shape index (κ1) is 16.5. The van der Waals surface area contributed by atoms with Gasteiger partial charge in [0.2, 0.25) is 5.43 Å². The molecule has 2 N–H and O–H groups in total. The number of H-pyrrole nitrogens is 1. The number of imidazole rings is 1. The van der Waals surface area contributed by atoms with Crippen molar-refractivity contribution in [3.8, 4) is 5.75 Å². The van der Waals surface area contributed by atoms with Crippen molar-refractivity contribution in [2.24, 2.45) is 7.05 Å². The van der Waals surface area contributed by atoms with Crippen LogP contribution in [0.15, 0.2) is 59.8 Å². The van der Waals surface area contributed by atoms with Gasteiger partial charge in [0, 0.05) is 31.7 Å². The van der Waals surface area contributed by atoms with Crippen molar-refractivity contribution < 1.29 is 9.53 Å². The largest absolute Gasteiger partial charge is 0.491 e. The first-order valence-corrected chi connectivity index (χ1v) is 7.70. The Morgan fingerprint density at radius 3 is 2.68 bits per heavy atom. The van der Waals surface area contributed by atoms with E-state index in [0.29, 0.717) is 5.82 Å². The van der Waals surface area contributed by atoms with Crippen LogP contribution in [0.5, 0.6) is 5.75 Å². The minimum absolute atomic E-state index is 0.153. The molecule has 0 saturated carbocycles. The van der Waals surface area contributed by atoms with E-state index in [9.17, 15) is 9.59 Å². The van der Waals surface area contributed by atoms with Gasteiger partial charge in [-0.1, -0.05) is 30.3 Å². The number of carbonyl (C=O) groups excluding carboxylic acids is 1. The monoisotopic (exact) mass is 338 g/mol. The standard InChI is InChI=1S/C18H18N4O3/c1-22-9-8-19-17(22)16(12-6-4-3-5-7-12)21-18(24)13-10-14(23)15(25-2)11-20-13/h3-11,16H,1-2H3,(H,20,23)(H,21,24). The first-order chi connectivity index (χ1) is 12.1. The number of pyridine rings is 1. The van der Waals surface area contributed by atoms with Crippen molar-refractivity contribution >= 4 is 5.91 Å². The van der Waals surface area contributed by atoms with Crippen LogP contribution >= 0.6 is 0 Å². The van der Waals surface area contributed by atoms with E-state index in [1.807, 2.05) is 48.1 Å². The second-order valence-electron chi connectivity index (χ2n) is 5.49. The minimum atomic E-state index is -0.445. The van der Waals surface area contributed by atoms with Gasteiger partial charge in [-0.15, -0.1) is 0 Å². The Hall–Kier alpha value is -3.35. The van der Waals surface area contributed by atoms with E-state index in [4.69, 9.17) is 4.74 Å². The number of hydrogen-bond acceptors (Lipinski definition) is 4. The minimum Gasteiger partial charge on any atom is -0.491 e. The summed E-state index contributed by atoms with van der Waals surface area (Å²) in [5.74, 6) is 0.437. The zero-order valence-electron chi connectivity index (χ0n) is 13.9. The molecule has 0 aliphatic rings. The van der Waals surface area contributed by atoms with Crippen molar-refractivity contribution in [3.05, 3.63) is 82.3 Å². The molecule has 0 radical (unpaired) electrons. The molecule has 0 bridgehead atoms. The van der Waals surface area contributed by atoms with Gasteiger partial charge in [-0.2, -0.15) is 0 Å². The van der Waals surface area contributed by atoms with Crippen LogP contribution in [0.4, 0.5) is 0 Å². The number of ether oxygens (including phenoxy) is 1. The third-order valence-corrected chi connectivity index (χ3v) is 3.87. The lowest BCUT2D eigenvalue weighted by atomic mass is 10.1. The molecule has 0 spiro atoms. The van der Waals surface area contributed by atoms with Crippen LogP contribution in [0.3, 0.4) is 0 Å². The molecule has 0 aliphatic heterocycles. The summed E-state index contributed by atoms with van der Waals surface area (Å²) in [6.45, 7) is 0. The smallest absolute Gasteiger partial charge is 0.268 e. The van der Waals surface area contributed by atoms with E-state index in [1.54, 1.807) is 6.20 Å². The van der Waals surface area contributed by atoms with Gasteiger partial charge in [0.05, 0.1) is 7.11 Å². The van der Waals surface area contributed by atoms with Gasteiger partial charge in [-0.25, -0.2) is 4.98 Å². The molecule has 0 fully saturated rings. The second kappa shape index (κ2) is 7.04. The molecular formula is C18H18N4O3. The number of aryl methyl sites for hydroxylation is 1. The lowest BCUT2D eigenvalue weighted by Gasteiger charge is -2.19. The maximum atomic E-state index is 12.6. The molecule has 3 aromatic rings. The molecule has 7 heteroatoms. The number of carbonyl (C=O) groups is 1. The van der Waals surface area contributed by atoms with Gasteiger partial charge in [-0.05, 0) is 5.56 Å². The van der Waals surface area contributed by atoms with Gasteiger partial charge in [0.15, 0.2) is 5.75 Å². The molecule has 25 heavy (non-hydrogen) atoms. The number of amides is 1. The molecule has 128 valence electrons. The van der Waals surface area contributed by atoms with E-state index < -0.39 is 11.9 Å². The molecule has 3 rings (SSSR count). The summed E-state index contributed by atoms with van der Waals surface area (Å²) >= 11 is 0. The zero-order valence-corrected chi connectivity index (χ0v) is 13.9. The van der Waals surface area contributed by atoms with Gasteiger partial charge >= 0.3 is 0 Å². The third-order valence-electron chi connectivity index (χ3n) is 3.87. The number of benzene rings is 1. The molecular weight excluding hydrogens is 320 g/mol. The van der Waals surface area contributed by atoms with Crippen LogP contribution in [0.25, 0.3) is 0 Å². The Labute approximate surface area is 144 Å². The van der Waals surface area contributed by atoms with Crippen molar-refractivity contribution in [1.29, 1.82) is 0 Å². The molecule has 1 aromatic carbocycles. The highest BCUT2D eigenvalue weighted by atomic mass is 16.5. The summed E-state index contributed by atoms with van der Waals surface area (Å²) in [5, 5.41) is 2.92. The molecule has 7 nitrogen and oxygen atoms in total. The maximum absolute atomic E-state index is 12.6. The predicted molar refractivity (Wildman–Crippen MR) is 92.6 cm³/mol. The molecule has 1 unspecified atom stereocenters. The molecule has 2 aromatic heterocycles. The van der Waals surface area contributed by atoms with Crippen LogP contribution in [0, 0.1) is 0 Å². The number of nitrogens with one attached hydrogen (secondary N) is 2. The number of rotatable bonds is 5. The van der Waals surface area contributed by atoms with E-state index in [0.717, 1.165) is 5.56 Å². The van der Waals surface area contributed by atoms with Crippen LogP contribution in [0.1, 0.15) is 27.9 Å². The summed E-state index contributed by atoms with van der Waals surface area (Å²) in [6.07, 6.45) is 4.86. The van der Waals surface area contributed by atoms with Crippen molar-refractivity contribution in [2.45, 2.75) is 6.04 Å². The van der Waals surface area contributed by atoms with Crippen LogP contribution < -0.4 is 15.5 Å².